The second-order valence-electron chi connectivity index (χ2n) is 5.74. The van der Waals surface area contributed by atoms with E-state index in [1.165, 1.54) is 22.0 Å². The van der Waals surface area contributed by atoms with Crippen LogP contribution < -0.4 is 15.3 Å². The Morgan fingerprint density at radius 2 is 1.88 bits per heavy atom. The van der Waals surface area contributed by atoms with Gasteiger partial charge in [0, 0.05) is 16.9 Å². The van der Waals surface area contributed by atoms with Gasteiger partial charge < -0.3 is 15.3 Å². The maximum absolute atomic E-state index is 6.21. The zero-order valence-corrected chi connectivity index (χ0v) is 15.9. The summed E-state index contributed by atoms with van der Waals surface area (Å²) in [6.45, 7) is 4.65. The summed E-state index contributed by atoms with van der Waals surface area (Å²) in [7, 11) is 1.67. The van der Waals surface area contributed by atoms with E-state index in [4.69, 9.17) is 15.3 Å². The van der Waals surface area contributed by atoms with E-state index in [1.54, 1.807) is 7.11 Å². The van der Waals surface area contributed by atoms with Gasteiger partial charge in [0.2, 0.25) is 5.16 Å². The molecule has 0 aliphatic heterocycles. The van der Waals surface area contributed by atoms with Crippen LogP contribution in [0.25, 0.3) is 11.4 Å². The van der Waals surface area contributed by atoms with E-state index in [0.717, 1.165) is 22.6 Å². The molecule has 0 atom stereocenters. The van der Waals surface area contributed by atoms with E-state index >= 15 is 0 Å². The first kappa shape index (κ1) is 18.1. The Bertz CT molecular complexity index is 878. The highest BCUT2D eigenvalue weighted by Crippen LogP contribution is 2.29. The summed E-state index contributed by atoms with van der Waals surface area (Å²) in [5, 5.41) is 9.10. The molecule has 0 amide bonds. The van der Waals surface area contributed by atoms with Gasteiger partial charge in [0.25, 0.3) is 0 Å². The molecule has 0 fully saturated rings. The number of aryl methyl sites for hydroxylation is 1. The molecule has 26 heavy (non-hydrogen) atoms. The van der Waals surface area contributed by atoms with Crippen LogP contribution in [0.4, 0.5) is 0 Å². The SMILES string of the molecule is CCOc1ccc(-c2nnc(SCc3cc(C)ccc3OC)n2N)cc1. The van der Waals surface area contributed by atoms with Crippen LogP contribution in [0.5, 0.6) is 11.5 Å². The number of aromatic nitrogens is 3. The number of nitrogen functional groups attached to an aromatic ring is 1. The van der Waals surface area contributed by atoms with Crippen molar-refractivity contribution in [2.75, 3.05) is 19.6 Å². The van der Waals surface area contributed by atoms with E-state index in [9.17, 15) is 0 Å². The Hall–Kier alpha value is -2.67. The summed E-state index contributed by atoms with van der Waals surface area (Å²) in [4.78, 5) is 0. The van der Waals surface area contributed by atoms with Gasteiger partial charge in [-0.2, -0.15) is 0 Å². The summed E-state index contributed by atoms with van der Waals surface area (Å²) >= 11 is 1.52. The van der Waals surface area contributed by atoms with Crippen molar-refractivity contribution in [2.45, 2.75) is 24.8 Å². The van der Waals surface area contributed by atoms with Gasteiger partial charge in [0.05, 0.1) is 13.7 Å². The van der Waals surface area contributed by atoms with Crippen LogP contribution >= 0.6 is 11.8 Å². The molecule has 6 nitrogen and oxygen atoms in total. The molecule has 0 spiro atoms. The van der Waals surface area contributed by atoms with Crippen LogP contribution in [-0.2, 0) is 5.75 Å². The Labute approximate surface area is 157 Å². The molecule has 0 radical (unpaired) electrons. The molecule has 0 aliphatic carbocycles. The smallest absolute Gasteiger partial charge is 0.210 e. The minimum atomic E-state index is 0.617. The molecule has 0 bridgehead atoms. The molecular formula is C19H22N4O2S. The predicted molar refractivity (Wildman–Crippen MR) is 104 cm³/mol. The van der Waals surface area contributed by atoms with Crippen molar-refractivity contribution in [1.29, 1.82) is 0 Å². The minimum absolute atomic E-state index is 0.617. The zero-order valence-electron chi connectivity index (χ0n) is 15.1. The molecule has 136 valence electrons. The van der Waals surface area contributed by atoms with Gasteiger partial charge in [-0.3, -0.25) is 0 Å². The molecule has 0 unspecified atom stereocenters. The topological polar surface area (TPSA) is 75.2 Å². The number of benzene rings is 2. The van der Waals surface area contributed by atoms with E-state index in [1.807, 2.05) is 43.3 Å². The molecular weight excluding hydrogens is 348 g/mol. The third kappa shape index (κ3) is 3.94. The standard InChI is InChI=1S/C19H22N4O2S/c1-4-25-16-8-6-14(7-9-16)18-21-22-19(23(18)20)26-12-15-11-13(2)5-10-17(15)24-3/h5-11H,4,12,20H2,1-3H3. The van der Waals surface area contributed by atoms with E-state index in [-0.39, 0.29) is 0 Å². The van der Waals surface area contributed by atoms with Gasteiger partial charge in [-0.1, -0.05) is 29.5 Å². The number of ether oxygens (including phenoxy) is 2. The lowest BCUT2D eigenvalue weighted by Crippen LogP contribution is -2.11. The van der Waals surface area contributed by atoms with Gasteiger partial charge in [0.15, 0.2) is 5.82 Å². The van der Waals surface area contributed by atoms with Crippen LogP contribution in [0.3, 0.4) is 0 Å². The van der Waals surface area contributed by atoms with Gasteiger partial charge in [-0.05, 0) is 44.2 Å². The quantitative estimate of drug-likeness (QED) is 0.505. The largest absolute Gasteiger partial charge is 0.496 e. The molecule has 1 aromatic heterocycles. The predicted octanol–water partition coefficient (Wildman–Crippen LogP) is 3.67. The molecule has 2 aromatic carbocycles. The molecule has 0 saturated carbocycles. The summed E-state index contributed by atoms with van der Waals surface area (Å²) in [6, 6.07) is 13.8. The zero-order chi connectivity index (χ0) is 18.5. The number of rotatable bonds is 7. The highest BCUT2D eigenvalue weighted by atomic mass is 32.2. The van der Waals surface area contributed by atoms with Crippen molar-refractivity contribution in [3.05, 3.63) is 53.6 Å². The number of nitrogens with two attached hydrogens (primary N) is 1. The van der Waals surface area contributed by atoms with Crippen molar-refractivity contribution in [2.24, 2.45) is 0 Å². The Morgan fingerprint density at radius 1 is 1.12 bits per heavy atom. The monoisotopic (exact) mass is 370 g/mol. The first-order valence-corrected chi connectivity index (χ1v) is 9.31. The summed E-state index contributed by atoms with van der Waals surface area (Å²) in [5.41, 5.74) is 3.18. The molecule has 7 heteroatoms. The lowest BCUT2D eigenvalue weighted by atomic mass is 10.1. The maximum Gasteiger partial charge on any atom is 0.210 e. The van der Waals surface area contributed by atoms with Crippen LogP contribution in [0, 0.1) is 6.92 Å². The molecule has 3 aromatic rings. The molecule has 2 N–H and O–H groups in total. The lowest BCUT2D eigenvalue weighted by Gasteiger charge is -2.09. The van der Waals surface area contributed by atoms with Crippen molar-refractivity contribution < 1.29 is 9.47 Å². The van der Waals surface area contributed by atoms with Crippen molar-refractivity contribution >= 4 is 11.8 Å². The van der Waals surface area contributed by atoms with E-state index in [0.29, 0.717) is 23.3 Å². The number of methoxy groups -OCH3 is 1. The molecule has 3 rings (SSSR count). The van der Waals surface area contributed by atoms with Crippen molar-refractivity contribution in [3.8, 4) is 22.9 Å². The van der Waals surface area contributed by atoms with Crippen molar-refractivity contribution in [3.63, 3.8) is 0 Å². The van der Waals surface area contributed by atoms with Crippen LogP contribution in [0.1, 0.15) is 18.1 Å². The minimum Gasteiger partial charge on any atom is -0.496 e. The van der Waals surface area contributed by atoms with Gasteiger partial charge in [-0.25, -0.2) is 4.68 Å². The number of hydrogen-bond acceptors (Lipinski definition) is 6. The average Bonchev–Trinajstić information content (AvgIpc) is 3.01. The third-order valence-corrected chi connectivity index (χ3v) is 4.87. The van der Waals surface area contributed by atoms with Crippen LogP contribution in [0.15, 0.2) is 47.6 Å². The number of hydrogen-bond donors (Lipinski definition) is 1. The summed E-state index contributed by atoms with van der Waals surface area (Å²) < 4.78 is 12.4. The first-order valence-electron chi connectivity index (χ1n) is 8.32. The van der Waals surface area contributed by atoms with Crippen molar-refractivity contribution in [1.82, 2.24) is 14.9 Å². The van der Waals surface area contributed by atoms with E-state index in [2.05, 4.69) is 23.2 Å². The maximum atomic E-state index is 6.21. The number of nitrogens with zero attached hydrogens (tertiary/aromatic N) is 3. The molecule has 0 aliphatic rings. The second-order valence-corrected chi connectivity index (χ2v) is 6.68. The third-order valence-electron chi connectivity index (χ3n) is 3.88. The first-order chi connectivity index (χ1) is 12.6. The van der Waals surface area contributed by atoms with Gasteiger partial charge >= 0.3 is 0 Å². The number of thioether (sulfide) groups is 1. The second kappa shape index (κ2) is 8.14. The molecule has 0 saturated heterocycles. The fourth-order valence-electron chi connectivity index (χ4n) is 2.60. The Balaban J connectivity index is 1.76. The highest BCUT2D eigenvalue weighted by Gasteiger charge is 2.13. The van der Waals surface area contributed by atoms with Crippen LogP contribution in [-0.4, -0.2) is 28.6 Å². The lowest BCUT2D eigenvalue weighted by molar-refractivity contribution is 0.340. The summed E-state index contributed by atoms with van der Waals surface area (Å²) in [6.07, 6.45) is 0. The fourth-order valence-corrected chi connectivity index (χ4v) is 3.44. The summed E-state index contributed by atoms with van der Waals surface area (Å²) in [5.74, 6) is 9.20. The van der Waals surface area contributed by atoms with Crippen LogP contribution in [0.2, 0.25) is 0 Å². The fraction of sp³-hybridized carbons (Fsp3) is 0.263. The Morgan fingerprint density at radius 3 is 2.58 bits per heavy atom. The van der Waals surface area contributed by atoms with Gasteiger partial charge in [0.1, 0.15) is 11.5 Å². The Kier molecular flexibility index (Phi) is 5.68. The normalized spacial score (nSPS) is 10.7. The van der Waals surface area contributed by atoms with E-state index < -0.39 is 0 Å². The average molecular weight is 370 g/mol. The highest BCUT2D eigenvalue weighted by molar-refractivity contribution is 7.98. The van der Waals surface area contributed by atoms with Gasteiger partial charge in [-0.15, -0.1) is 10.2 Å². The molecule has 1 heterocycles.